The Morgan fingerprint density at radius 3 is 2.45 bits per heavy atom. The van der Waals surface area contributed by atoms with E-state index in [-0.39, 0.29) is 12.1 Å². The smallest absolute Gasteiger partial charge is 0.410 e. The van der Waals surface area contributed by atoms with E-state index in [0.717, 1.165) is 17.4 Å². The maximum Gasteiger partial charge on any atom is 0.410 e. The topological polar surface area (TPSA) is 41.6 Å². The highest BCUT2D eigenvalue weighted by atomic mass is 79.9. The van der Waals surface area contributed by atoms with Crippen molar-refractivity contribution >= 4 is 27.7 Å². The standard InChI is InChI=1S/C17H25BrN2O2/c1-11-8-13(18)9-12(2)15(11)19-14-6-7-20(10-14)16(21)22-17(3,4)5/h8-9,14,19H,6-7,10H2,1-5H3. The highest BCUT2D eigenvalue weighted by molar-refractivity contribution is 9.10. The second-order valence-corrected chi connectivity index (χ2v) is 7.89. The van der Waals surface area contributed by atoms with Crippen LogP contribution in [0.25, 0.3) is 0 Å². The van der Waals surface area contributed by atoms with E-state index in [1.807, 2.05) is 20.8 Å². The van der Waals surface area contributed by atoms with Crippen molar-refractivity contribution < 1.29 is 9.53 Å². The Morgan fingerprint density at radius 2 is 1.91 bits per heavy atom. The number of benzene rings is 1. The van der Waals surface area contributed by atoms with Gasteiger partial charge >= 0.3 is 6.09 Å². The van der Waals surface area contributed by atoms with Gasteiger partial charge in [0.1, 0.15) is 5.60 Å². The lowest BCUT2D eigenvalue weighted by molar-refractivity contribution is 0.0293. The van der Waals surface area contributed by atoms with Crippen LogP contribution < -0.4 is 5.32 Å². The fourth-order valence-electron chi connectivity index (χ4n) is 2.71. The van der Waals surface area contributed by atoms with Crippen LogP contribution in [0.4, 0.5) is 10.5 Å². The van der Waals surface area contributed by atoms with Crippen molar-refractivity contribution in [3.8, 4) is 0 Å². The molecule has 1 amide bonds. The van der Waals surface area contributed by atoms with E-state index in [1.165, 1.54) is 16.8 Å². The van der Waals surface area contributed by atoms with Crippen molar-refractivity contribution in [1.29, 1.82) is 0 Å². The van der Waals surface area contributed by atoms with Gasteiger partial charge in [-0.25, -0.2) is 4.79 Å². The first kappa shape index (κ1) is 17.1. The zero-order valence-corrected chi connectivity index (χ0v) is 15.6. The van der Waals surface area contributed by atoms with Crippen molar-refractivity contribution in [1.82, 2.24) is 4.90 Å². The van der Waals surface area contributed by atoms with E-state index in [0.29, 0.717) is 6.54 Å². The average Bonchev–Trinajstić information content (AvgIpc) is 2.80. The second-order valence-electron chi connectivity index (χ2n) is 6.97. The van der Waals surface area contributed by atoms with Crippen LogP contribution in [0.1, 0.15) is 38.3 Å². The van der Waals surface area contributed by atoms with Gasteiger partial charge in [0.2, 0.25) is 0 Å². The molecule has 1 heterocycles. The van der Waals surface area contributed by atoms with Crippen LogP contribution in [0.2, 0.25) is 0 Å². The molecule has 0 spiro atoms. The Balaban J connectivity index is 1.99. The number of halogens is 1. The third-order valence-corrected chi connectivity index (χ3v) is 4.14. The van der Waals surface area contributed by atoms with Gasteiger partial charge < -0.3 is 15.0 Å². The summed E-state index contributed by atoms with van der Waals surface area (Å²) in [6.07, 6.45) is 0.717. The zero-order valence-electron chi connectivity index (χ0n) is 14.0. The zero-order chi connectivity index (χ0) is 16.5. The van der Waals surface area contributed by atoms with Crippen LogP contribution in [-0.2, 0) is 4.74 Å². The van der Waals surface area contributed by atoms with Crippen molar-refractivity contribution in [2.75, 3.05) is 18.4 Å². The number of hydrogen-bond donors (Lipinski definition) is 1. The number of amides is 1. The van der Waals surface area contributed by atoms with Crippen molar-refractivity contribution in [2.45, 2.75) is 52.7 Å². The largest absolute Gasteiger partial charge is 0.444 e. The van der Waals surface area contributed by atoms with Crippen LogP contribution >= 0.6 is 15.9 Å². The molecule has 1 aromatic rings. The van der Waals surface area contributed by atoms with Crippen LogP contribution in [0.15, 0.2) is 16.6 Å². The van der Waals surface area contributed by atoms with Gasteiger partial charge in [0.25, 0.3) is 0 Å². The van der Waals surface area contributed by atoms with Gasteiger partial charge in [-0.3, -0.25) is 0 Å². The maximum absolute atomic E-state index is 12.1. The molecule has 1 N–H and O–H groups in total. The third-order valence-electron chi connectivity index (χ3n) is 3.69. The number of carbonyl (C=O) groups is 1. The Morgan fingerprint density at radius 1 is 1.32 bits per heavy atom. The van der Waals surface area contributed by atoms with E-state index in [9.17, 15) is 4.79 Å². The van der Waals surface area contributed by atoms with Crippen molar-refractivity contribution in [3.63, 3.8) is 0 Å². The molecule has 22 heavy (non-hydrogen) atoms. The molecule has 122 valence electrons. The highest BCUT2D eigenvalue weighted by Gasteiger charge is 2.30. The molecular weight excluding hydrogens is 344 g/mol. The van der Waals surface area contributed by atoms with E-state index in [4.69, 9.17) is 4.74 Å². The lowest BCUT2D eigenvalue weighted by Gasteiger charge is -2.25. The lowest BCUT2D eigenvalue weighted by atomic mass is 10.1. The number of nitrogens with one attached hydrogen (secondary N) is 1. The molecule has 5 heteroatoms. The van der Waals surface area contributed by atoms with E-state index >= 15 is 0 Å². The van der Waals surface area contributed by atoms with E-state index in [2.05, 4.69) is 47.2 Å². The summed E-state index contributed by atoms with van der Waals surface area (Å²) in [6, 6.07) is 4.48. The minimum Gasteiger partial charge on any atom is -0.444 e. The SMILES string of the molecule is Cc1cc(Br)cc(C)c1NC1CCN(C(=O)OC(C)(C)C)C1. The molecule has 1 aromatic carbocycles. The number of likely N-dealkylation sites (tertiary alicyclic amines) is 1. The van der Waals surface area contributed by atoms with Crippen molar-refractivity contribution in [3.05, 3.63) is 27.7 Å². The molecule has 0 radical (unpaired) electrons. The Labute approximate surface area is 141 Å². The summed E-state index contributed by atoms with van der Waals surface area (Å²) < 4.78 is 6.53. The van der Waals surface area contributed by atoms with Crippen LogP contribution in [-0.4, -0.2) is 35.7 Å². The molecule has 0 aliphatic carbocycles. The molecule has 2 rings (SSSR count). The molecule has 0 saturated carbocycles. The maximum atomic E-state index is 12.1. The number of aryl methyl sites for hydroxylation is 2. The van der Waals surface area contributed by atoms with Gasteiger partial charge in [0, 0.05) is 29.3 Å². The predicted octanol–water partition coefficient (Wildman–Crippen LogP) is 4.49. The highest BCUT2D eigenvalue weighted by Crippen LogP contribution is 2.27. The van der Waals surface area contributed by atoms with Gasteiger partial charge in [0.05, 0.1) is 0 Å². The number of ether oxygens (including phenoxy) is 1. The molecule has 0 aromatic heterocycles. The van der Waals surface area contributed by atoms with Crippen LogP contribution in [0, 0.1) is 13.8 Å². The van der Waals surface area contributed by atoms with Crippen LogP contribution in [0.5, 0.6) is 0 Å². The van der Waals surface area contributed by atoms with Gasteiger partial charge in [-0.1, -0.05) is 15.9 Å². The quantitative estimate of drug-likeness (QED) is 0.835. The predicted molar refractivity (Wildman–Crippen MR) is 93.5 cm³/mol. The van der Waals surface area contributed by atoms with Crippen LogP contribution in [0.3, 0.4) is 0 Å². The minimum absolute atomic E-state index is 0.221. The van der Waals surface area contributed by atoms with Gasteiger partial charge in [-0.2, -0.15) is 0 Å². The molecule has 0 bridgehead atoms. The van der Waals surface area contributed by atoms with Crippen molar-refractivity contribution in [2.24, 2.45) is 0 Å². The summed E-state index contributed by atoms with van der Waals surface area (Å²) >= 11 is 3.52. The molecule has 1 saturated heterocycles. The summed E-state index contributed by atoms with van der Waals surface area (Å²) in [4.78, 5) is 13.9. The number of rotatable bonds is 2. The number of carbonyl (C=O) groups excluding carboxylic acids is 1. The fourth-order valence-corrected chi connectivity index (χ4v) is 3.40. The van der Waals surface area contributed by atoms with E-state index < -0.39 is 5.60 Å². The third kappa shape index (κ3) is 4.38. The first-order chi connectivity index (χ1) is 10.2. The Kier molecular flexibility index (Phi) is 5.05. The second kappa shape index (κ2) is 6.49. The lowest BCUT2D eigenvalue weighted by Crippen LogP contribution is -2.36. The number of hydrogen-bond acceptors (Lipinski definition) is 3. The summed E-state index contributed by atoms with van der Waals surface area (Å²) in [7, 11) is 0. The average molecular weight is 369 g/mol. The summed E-state index contributed by atoms with van der Waals surface area (Å²) in [5.41, 5.74) is 3.14. The first-order valence-corrected chi connectivity index (χ1v) is 8.46. The summed E-state index contributed by atoms with van der Waals surface area (Å²) in [5.74, 6) is 0. The fraction of sp³-hybridized carbons (Fsp3) is 0.588. The molecule has 1 unspecified atom stereocenters. The molecular formula is C17H25BrN2O2. The molecule has 1 aliphatic heterocycles. The molecule has 1 fully saturated rings. The number of nitrogens with zero attached hydrogens (tertiary/aromatic N) is 1. The monoisotopic (exact) mass is 368 g/mol. The first-order valence-electron chi connectivity index (χ1n) is 7.67. The normalized spacial score (nSPS) is 18.5. The minimum atomic E-state index is -0.443. The Hall–Kier alpha value is -1.23. The van der Waals surface area contributed by atoms with E-state index in [1.54, 1.807) is 4.90 Å². The molecule has 4 nitrogen and oxygen atoms in total. The number of anilines is 1. The van der Waals surface area contributed by atoms with Gasteiger partial charge in [-0.15, -0.1) is 0 Å². The van der Waals surface area contributed by atoms with Gasteiger partial charge in [-0.05, 0) is 64.3 Å². The summed E-state index contributed by atoms with van der Waals surface area (Å²) in [6.45, 7) is 11.3. The molecule has 1 atom stereocenters. The van der Waals surface area contributed by atoms with Gasteiger partial charge in [0.15, 0.2) is 0 Å². The molecule has 1 aliphatic rings. The summed E-state index contributed by atoms with van der Waals surface area (Å²) in [5, 5.41) is 3.58. The Bertz CT molecular complexity index is 543.